The number of amides is 1. The van der Waals surface area contributed by atoms with Crippen LogP contribution < -0.4 is 10.0 Å². The molecular formula is C30H40ClN3O5S. The summed E-state index contributed by atoms with van der Waals surface area (Å²) in [4.78, 5) is 28.7. The first-order chi connectivity index (χ1) is 19.0. The topological polar surface area (TPSA) is 117 Å². The molecule has 1 amide bonds. The highest BCUT2D eigenvalue weighted by Crippen LogP contribution is 2.34. The second-order valence-corrected chi connectivity index (χ2v) is 12.8. The van der Waals surface area contributed by atoms with Gasteiger partial charge in [-0.2, -0.15) is 0 Å². The number of benzene rings is 2. The second kappa shape index (κ2) is 14.1. The molecule has 0 aliphatic heterocycles. The normalized spacial score (nSPS) is 13.4. The molecule has 218 valence electrons. The number of fused-ring (bicyclic) bond motifs is 1. The summed E-state index contributed by atoms with van der Waals surface area (Å²) in [6, 6.07) is 11.6. The van der Waals surface area contributed by atoms with Crippen LogP contribution in [0.3, 0.4) is 0 Å². The van der Waals surface area contributed by atoms with E-state index in [1.165, 1.54) is 13.2 Å². The summed E-state index contributed by atoms with van der Waals surface area (Å²) < 4.78 is 34.1. The number of sulfonamides is 1. The zero-order valence-corrected chi connectivity index (χ0v) is 25.4. The highest BCUT2D eigenvalue weighted by molar-refractivity contribution is 7.89. The molecule has 0 aliphatic carbocycles. The van der Waals surface area contributed by atoms with E-state index >= 15 is 0 Å². The summed E-state index contributed by atoms with van der Waals surface area (Å²) in [6.07, 6.45) is 4.21. The smallest absolute Gasteiger partial charge is 0.328 e. The van der Waals surface area contributed by atoms with Gasteiger partial charge in [-0.3, -0.25) is 4.79 Å². The van der Waals surface area contributed by atoms with E-state index in [0.29, 0.717) is 23.4 Å². The maximum atomic E-state index is 13.3. The van der Waals surface area contributed by atoms with Crippen molar-refractivity contribution >= 4 is 44.4 Å². The van der Waals surface area contributed by atoms with E-state index in [-0.39, 0.29) is 34.1 Å². The number of H-pyrrole nitrogens is 1. The van der Waals surface area contributed by atoms with Crippen molar-refractivity contribution in [2.75, 3.05) is 13.7 Å². The molecule has 8 nitrogen and oxygen atoms in total. The molecule has 0 spiro atoms. The van der Waals surface area contributed by atoms with Crippen molar-refractivity contribution in [1.82, 2.24) is 15.0 Å². The van der Waals surface area contributed by atoms with Crippen molar-refractivity contribution in [1.29, 1.82) is 0 Å². The molecule has 0 aliphatic rings. The van der Waals surface area contributed by atoms with Crippen LogP contribution in [0.5, 0.6) is 0 Å². The molecule has 0 radical (unpaired) electrons. The first kappa shape index (κ1) is 31.6. The molecule has 3 N–H and O–H groups in total. The maximum Gasteiger partial charge on any atom is 0.328 e. The Bertz CT molecular complexity index is 1430. The predicted octanol–water partition coefficient (Wildman–Crippen LogP) is 5.84. The van der Waals surface area contributed by atoms with Crippen LogP contribution in [-0.2, 0) is 30.8 Å². The van der Waals surface area contributed by atoms with Crippen LogP contribution in [0.15, 0.2) is 47.4 Å². The number of unbranched alkanes of at least 4 members (excludes halogenated alkanes) is 2. The summed E-state index contributed by atoms with van der Waals surface area (Å²) in [7, 11) is -2.59. The van der Waals surface area contributed by atoms with Gasteiger partial charge in [-0.05, 0) is 47.6 Å². The number of esters is 1. The van der Waals surface area contributed by atoms with E-state index in [1.807, 2.05) is 45.0 Å². The molecule has 3 rings (SSSR count). The third-order valence-electron chi connectivity index (χ3n) is 7.02. The van der Waals surface area contributed by atoms with E-state index in [0.717, 1.165) is 36.6 Å². The van der Waals surface area contributed by atoms with Crippen LogP contribution >= 0.6 is 11.6 Å². The zero-order chi connectivity index (χ0) is 29.4. The average molecular weight is 590 g/mol. The van der Waals surface area contributed by atoms with E-state index in [4.69, 9.17) is 16.3 Å². The lowest BCUT2D eigenvalue weighted by molar-refractivity contribution is -0.146. The van der Waals surface area contributed by atoms with Crippen LogP contribution in [0.1, 0.15) is 58.9 Å². The highest BCUT2D eigenvalue weighted by atomic mass is 35.5. The maximum absolute atomic E-state index is 13.3. The Morgan fingerprint density at radius 2 is 1.80 bits per heavy atom. The number of rotatable bonds is 14. The summed E-state index contributed by atoms with van der Waals surface area (Å²) in [5.74, 6) is -0.829. The number of halogens is 1. The molecule has 2 unspecified atom stereocenters. The molecular weight excluding hydrogens is 550 g/mol. The van der Waals surface area contributed by atoms with Gasteiger partial charge < -0.3 is 15.0 Å². The van der Waals surface area contributed by atoms with Crippen LogP contribution in [0.2, 0.25) is 5.02 Å². The first-order valence-corrected chi connectivity index (χ1v) is 15.6. The first-order valence-electron chi connectivity index (χ1n) is 13.7. The number of carbonyl (C=O) groups excluding carboxylic acids is 2. The van der Waals surface area contributed by atoms with E-state index < -0.39 is 22.0 Å². The summed E-state index contributed by atoms with van der Waals surface area (Å²) in [5.41, 5.74) is 2.67. The van der Waals surface area contributed by atoms with E-state index in [9.17, 15) is 18.0 Å². The number of para-hydroxylation sites is 1. The van der Waals surface area contributed by atoms with Gasteiger partial charge >= 0.3 is 5.97 Å². The summed E-state index contributed by atoms with van der Waals surface area (Å²) in [5, 5.41) is 3.72. The number of hydrogen-bond donors (Lipinski definition) is 3. The van der Waals surface area contributed by atoms with Gasteiger partial charge in [0.05, 0.1) is 24.2 Å². The van der Waals surface area contributed by atoms with Crippen molar-refractivity contribution in [3.05, 3.63) is 53.1 Å². The molecule has 0 saturated carbocycles. The fraction of sp³-hybridized carbons (Fsp3) is 0.467. The van der Waals surface area contributed by atoms with Gasteiger partial charge in [0, 0.05) is 17.4 Å². The number of methoxy groups -OCH3 is 1. The van der Waals surface area contributed by atoms with Crippen LogP contribution in [0, 0.1) is 11.8 Å². The molecule has 40 heavy (non-hydrogen) atoms. The SMILES string of the molecule is CCCCCC(C)CNS(=O)(=O)c1cc(-c2[nH]c3ccccc3c2CC(=O)NC(C(=O)OC)C(C)C)ccc1Cl. The van der Waals surface area contributed by atoms with Crippen molar-refractivity contribution in [3.8, 4) is 11.3 Å². The average Bonchev–Trinajstić information content (AvgIpc) is 3.28. The number of hydrogen-bond acceptors (Lipinski definition) is 5. The van der Waals surface area contributed by atoms with Crippen LogP contribution in [0.4, 0.5) is 0 Å². The summed E-state index contributed by atoms with van der Waals surface area (Å²) in [6.45, 7) is 8.14. The second-order valence-electron chi connectivity index (χ2n) is 10.6. The Balaban J connectivity index is 1.94. The molecule has 0 saturated heterocycles. The van der Waals surface area contributed by atoms with Crippen LogP contribution in [0.25, 0.3) is 22.2 Å². The van der Waals surface area contributed by atoms with Gasteiger partial charge in [0.1, 0.15) is 10.9 Å². The molecule has 1 aromatic heterocycles. The van der Waals surface area contributed by atoms with Gasteiger partial charge in [0.15, 0.2) is 0 Å². The van der Waals surface area contributed by atoms with Gasteiger partial charge in [-0.25, -0.2) is 17.9 Å². The third kappa shape index (κ3) is 7.86. The lowest BCUT2D eigenvalue weighted by atomic mass is 10.0. The minimum absolute atomic E-state index is 0.0213. The van der Waals surface area contributed by atoms with Gasteiger partial charge in [0.2, 0.25) is 15.9 Å². The quantitative estimate of drug-likeness (QED) is 0.161. The zero-order valence-electron chi connectivity index (χ0n) is 23.8. The Morgan fingerprint density at radius 1 is 1.07 bits per heavy atom. The molecule has 1 heterocycles. The van der Waals surface area contributed by atoms with E-state index in [2.05, 4.69) is 21.9 Å². The Labute approximate surface area is 242 Å². The van der Waals surface area contributed by atoms with Crippen molar-refractivity contribution in [3.63, 3.8) is 0 Å². The minimum atomic E-state index is -3.88. The largest absolute Gasteiger partial charge is 0.467 e. The van der Waals surface area contributed by atoms with Crippen molar-refractivity contribution in [2.24, 2.45) is 11.8 Å². The third-order valence-corrected chi connectivity index (χ3v) is 8.93. The van der Waals surface area contributed by atoms with Crippen LogP contribution in [-0.4, -0.2) is 45.0 Å². The van der Waals surface area contributed by atoms with Gasteiger partial charge in [0.25, 0.3) is 0 Å². The van der Waals surface area contributed by atoms with E-state index in [1.54, 1.807) is 12.1 Å². The van der Waals surface area contributed by atoms with Crippen molar-refractivity contribution < 1.29 is 22.7 Å². The molecule has 3 aromatic rings. The molecule has 0 bridgehead atoms. The van der Waals surface area contributed by atoms with Gasteiger partial charge in [-0.1, -0.05) is 82.8 Å². The number of ether oxygens (including phenoxy) is 1. The molecule has 2 aromatic carbocycles. The Hall–Kier alpha value is -2.88. The lowest BCUT2D eigenvalue weighted by Crippen LogP contribution is -2.45. The number of aromatic nitrogens is 1. The number of aromatic amines is 1. The minimum Gasteiger partial charge on any atom is -0.467 e. The Kier molecular flexibility index (Phi) is 11.2. The lowest BCUT2D eigenvalue weighted by Gasteiger charge is -2.20. The molecule has 0 fully saturated rings. The highest BCUT2D eigenvalue weighted by Gasteiger charge is 2.27. The Morgan fingerprint density at radius 3 is 2.48 bits per heavy atom. The number of nitrogens with one attached hydrogen (secondary N) is 3. The fourth-order valence-electron chi connectivity index (χ4n) is 4.68. The van der Waals surface area contributed by atoms with Crippen molar-refractivity contribution in [2.45, 2.75) is 70.7 Å². The summed E-state index contributed by atoms with van der Waals surface area (Å²) >= 11 is 6.38. The fourth-order valence-corrected chi connectivity index (χ4v) is 6.37. The number of carbonyl (C=O) groups is 2. The monoisotopic (exact) mass is 589 g/mol. The molecule has 10 heteroatoms. The standard InChI is InChI=1S/C30H40ClN3O5S/c1-6-7-8-11-20(4)18-32-40(37,38)26-16-21(14-15-24(26)31)29-23(22-12-9-10-13-25(22)33-29)17-27(35)34-28(19(2)3)30(36)39-5/h9-10,12-16,19-20,28,32-33H,6-8,11,17-18H2,1-5H3,(H,34,35). The predicted molar refractivity (Wildman–Crippen MR) is 160 cm³/mol. The molecule has 2 atom stereocenters. The van der Waals surface area contributed by atoms with Gasteiger partial charge in [-0.15, -0.1) is 0 Å².